The number of anilines is 3. The number of piperazine rings is 1. The van der Waals surface area contributed by atoms with Gasteiger partial charge >= 0.3 is 0 Å². The van der Waals surface area contributed by atoms with Gasteiger partial charge in [0.25, 0.3) is 0 Å². The highest BCUT2D eigenvalue weighted by atomic mass is 35.5. The van der Waals surface area contributed by atoms with Crippen molar-refractivity contribution in [3.05, 3.63) is 36.7 Å². The summed E-state index contributed by atoms with van der Waals surface area (Å²) in [5.41, 5.74) is 3.74. The summed E-state index contributed by atoms with van der Waals surface area (Å²) in [6.07, 6.45) is 3.75. The Balaban J connectivity index is 0.00000274. The smallest absolute Gasteiger partial charge is 0.228 e. The van der Waals surface area contributed by atoms with E-state index in [4.69, 9.17) is 4.98 Å². The molecule has 4 heterocycles. The Labute approximate surface area is 206 Å². The molecule has 0 amide bonds. The molecule has 5 rings (SSSR count). The van der Waals surface area contributed by atoms with Crippen LogP contribution >= 0.6 is 12.4 Å². The first-order valence-corrected chi connectivity index (χ1v) is 11.7. The molecule has 4 aromatic rings. The molecule has 0 aliphatic carbocycles. The van der Waals surface area contributed by atoms with Crippen LogP contribution in [-0.2, 0) is 0 Å². The van der Waals surface area contributed by atoms with Crippen LogP contribution in [0.5, 0.6) is 0 Å². The van der Waals surface area contributed by atoms with Gasteiger partial charge in [-0.1, -0.05) is 19.1 Å². The standard InChI is InChI=1S/C24H31N9.ClH/c1-16(2)15-31-9-11-32(12-10-31)19-6-8-21(25-14-19)27-24-26-13-18-5-7-20-23(22(18)28-24)33(17(3)4)30-29-20;/h5-8,13-14,16-17H,9-12,15H2,1-4H3,(H,25,26,27,28);1H. The topological polar surface area (TPSA) is 87.9 Å². The van der Waals surface area contributed by atoms with Crippen LogP contribution in [0.4, 0.5) is 17.5 Å². The van der Waals surface area contributed by atoms with E-state index in [0.29, 0.717) is 11.9 Å². The molecule has 0 saturated carbocycles. The van der Waals surface area contributed by atoms with Crippen LogP contribution in [0.25, 0.3) is 21.9 Å². The molecule has 34 heavy (non-hydrogen) atoms. The lowest BCUT2D eigenvalue weighted by Gasteiger charge is -2.36. The molecule has 9 nitrogen and oxygen atoms in total. The van der Waals surface area contributed by atoms with Gasteiger partial charge in [-0.05, 0) is 44.0 Å². The lowest BCUT2D eigenvalue weighted by Crippen LogP contribution is -2.47. The summed E-state index contributed by atoms with van der Waals surface area (Å²) in [5, 5.41) is 12.8. The lowest BCUT2D eigenvalue weighted by atomic mass is 10.2. The van der Waals surface area contributed by atoms with Crippen LogP contribution < -0.4 is 10.2 Å². The molecule has 0 bridgehead atoms. The molecule has 1 aromatic carbocycles. The zero-order valence-electron chi connectivity index (χ0n) is 20.1. The minimum Gasteiger partial charge on any atom is -0.368 e. The molecular formula is C24H32ClN9. The van der Waals surface area contributed by atoms with Crippen LogP contribution in [0.1, 0.15) is 33.7 Å². The maximum Gasteiger partial charge on any atom is 0.228 e. The first-order chi connectivity index (χ1) is 16.0. The maximum atomic E-state index is 4.78. The molecule has 0 atom stereocenters. The Morgan fingerprint density at radius 1 is 0.941 bits per heavy atom. The third-order valence-electron chi connectivity index (χ3n) is 6.02. The van der Waals surface area contributed by atoms with Crippen molar-refractivity contribution in [2.24, 2.45) is 5.92 Å². The highest BCUT2D eigenvalue weighted by Gasteiger charge is 2.18. The molecule has 10 heteroatoms. The van der Waals surface area contributed by atoms with Gasteiger partial charge in [0.2, 0.25) is 5.95 Å². The van der Waals surface area contributed by atoms with Crippen molar-refractivity contribution in [1.29, 1.82) is 0 Å². The fourth-order valence-electron chi connectivity index (χ4n) is 4.41. The summed E-state index contributed by atoms with van der Waals surface area (Å²) >= 11 is 0. The zero-order valence-corrected chi connectivity index (χ0v) is 21.0. The minimum atomic E-state index is 0. The van der Waals surface area contributed by atoms with Gasteiger partial charge in [0, 0.05) is 50.3 Å². The van der Waals surface area contributed by atoms with Crippen molar-refractivity contribution in [1.82, 2.24) is 34.8 Å². The van der Waals surface area contributed by atoms with Crippen LogP contribution in [0.2, 0.25) is 0 Å². The van der Waals surface area contributed by atoms with Crippen molar-refractivity contribution in [2.75, 3.05) is 42.9 Å². The van der Waals surface area contributed by atoms with Crippen molar-refractivity contribution >= 4 is 51.8 Å². The molecule has 1 saturated heterocycles. The number of halogens is 1. The Kier molecular flexibility index (Phi) is 7.13. The summed E-state index contributed by atoms with van der Waals surface area (Å²) in [6.45, 7) is 14.1. The third kappa shape index (κ3) is 4.90. The molecule has 0 spiro atoms. The average molecular weight is 482 g/mol. The summed E-state index contributed by atoms with van der Waals surface area (Å²) in [5.74, 6) is 1.94. The molecular weight excluding hydrogens is 450 g/mol. The summed E-state index contributed by atoms with van der Waals surface area (Å²) < 4.78 is 1.91. The van der Waals surface area contributed by atoms with Gasteiger partial charge in [-0.2, -0.15) is 0 Å². The molecule has 1 fully saturated rings. The number of hydrogen-bond donors (Lipinski definition) is 1. The number of rotatable bonds is 6. The average Bonchev–Trinajstić information content (AvgIpc) is 3.25. The first-order valence-electron chi connectivity index (χ1n) is 11.7. The fraction of sp³-hybridized carbons (Fsp3) is 0.458. The lowest BCUT2D eigenvalue weighted by molar-refractivity contribution is 0.231. The van der Waals surface area contributed by atoms with Gasteiger partial charge in [0.05, 0.1) is 11.9 Å². The van der Waals surface area contributed by atoms with E-state index in [-0.39, 0.29) is 18.4 Å². The summed E-state index contributed by atoms with van der Waals surface area (Å²) in [6, 6.07) is 8.24. The predicted octanol–water partition coefficient (Wildman–Crippen LogP) is 4.29. The van der Waals surface area contributed by atoms with E-state index in [9.17, 15) is 0 Å². The molecule has 0 unspecified atom stereocenters. The van der Waals surface area contributed by atoms with E-state index < -0.39 is 0 Å². The largest absolute Gasteiger partial charge is 0.368 e. The molecule has 1 N–H and O–H groups in total. The molecule has 1 aliphatic heterocycles. The van der Waals surface area contributed by atoms with E-state index in [2.05, 4.69) is 69.2 Å². The quantitative estimate of drug-likeness (QED) is 0.436. The van der Waals surface area contributed by atoms with Gasteiger partial charge < -0.3 is 10.2 Å². The number of fused-ring (bicyclic) bond motifs is 3. The van der Waals surface area contributed by atoms with Crippen molar-refractivity contribution in [3.63, 3.8) is 0 Å². The van der Waals surface area contributed by atoms with E-state index in [1.54, 1.807) is 0 Å². The van der Waals surface area contributed by atoms with Crippen LogP contribution in [0.3, 0.4) is 0 Å². The monoisotopic (exact) mass is 481 g/mol. The second-order valence-electron chi connectivity index (χ2n) is 9.40. The van der Waals surface area contributed by atoms with Crippen LogP contribution in [0, 0.1) is 5.92 Å². The number of aromatic nitrogens is 6. The Morgan fingerprint density at radius 2 is 1.74 bits per heavy atom. The maximum absolute atomic E-state index is 4.78. The molecule has 3 aromatic heterocycles. The van der Waals surface area contributed by atoms with Crippen molar-refractivity contribution in [2.45, 2.75) is 33.7 Å². The normalized spacial score (nSPS) is 14.8. The Morgan fingerprint density at radius 3 is 2.41 bits per heavy atom. The van der Waals surface area contributed by atoms with Gasteiger partial charge in [-0.3, -0.25) is 4.90 Å². The van der Waals surface area contributed by atoms with Crippen molar-refractivity contribution in [3.8, 4) is 0 Å². The summed E-state index contributed by atoms with van der Waals surface area (Å²) in [7, 11) is 0. The third-order valence-corrected chi connectivity index (χ3v) is 6.02. The van der Waals surface area contributed by atoms with E-state index in [1.165, 1.54) is 6.54 Å². The number of hydrogen-bond acceptors (Lipinski definition) is 8. The van der Waals surface area contributed by atoms with Gasteiger partial charge in [-0.15, -0.1) is 17.5 Å². The van der Waals surface area contributed by atoms with Crippen LogP contribution in [-0.4, -0.2) is 67.6 Å². The van der Waals surface area contributed by atoms with Gasteiger partial charge in [-0.25, -0.2) is 19.6 Å². The second kappa shape index (κ2) is 10.1. The number of nitrogens with one attached hydrogen (secondary N) is 1. The predicted molar refractivity (Wildman–Crippen MR) is 139 cm³/mol. The minimum absolute atomic E-state index is 0. The summed E-state index contributed by atoms with van der Waals surface area (Å²) in [4.78, 5) is 18.8. The molecule has 1 aliphatic rings. The highest BCUT2D eigenvalue weighted by Crippen LogP contribution is 2.26. The number of pyridine rings is 1. The SMILES string of the molecule is CC(C)CN1CCN(c2ccc(Nc3ncc4ccc5nnn(C(C)C)c5c4n3)nc2)CC1.Cl. The zero-order chi connectivity index (χ0) is 22.9. The Bertz CT molecular complexity index is 1240. The number of nitrogens with zero attached hydrogens (tertiary/aromatic N) is 8. The second-order valence-corrected chi connectivity index (χ2v) is 9.40. The number of benzene rings is 1. The highest BCUT2D eigenvalue weighted by molar-refractivity contribution is 6.01. The van der Waals surface area contributed by atoms with E-state index >= 15 is 0 Å². The molecule has 180 valence electrons. The van der Waals surface area contributed by atoms with Gasteiger partial charge in [0.1, 0.15) is 22.4 Å². The van der Waals surface area contributed by atoms with E-state index in [1.807, 2.05) is 35.3 Å². The Hall–Kier alpha value is -3.04. The van der Waals surface area contributed by atoms with E-state index in [0.717, 1.165) is 59.6 Å². The fourth-order valence-corrected chi connectivity index (χ4v) is 4.41. The van der Waals surface area contributed by atoms with Gasteiger partial charge in [0.15, 0.2) is 0 Å². The van der Waals surface area contributed by atoms with Crippen molar-refractivity contribution < 1.29 is 0 Å². The first kappa shape index (κ1) is 24.1. The van der Waals surface area contributed by atoms with Crippen LogP contribution in [0.15, 0.2) is 36.7 Å². The molecule has 0 radical (unpaired) electrons.